The molecule has 1 saturated heterocycles. The average molecular weight is 306 g/mol. The summed E-state index contributed by atoms with van der Waals surface area (Å²) < 4.78 is 25.8. The molecule has 0 spiro atoms. The van der Waals surface area contributed by atoms with Gasteiger partial charge in [-0.15, -0.1) is 0 Å². The Hall–Kier alpha value is -1.22. The molecule has 104 valence electrons. The zero-order valence-corrected chi connectivity index (χ0v) is 11.4. The monoisotopic (exact) mass is 305 g/mol. The van der Waals surface area contributed by atoms with Crippen molar-refractivity contribution in [2.45, 2.75) is 23.9 Å². The topological polar surface area (TPSA) is 107 Å². The summed E-state index contributed by atoms with van der Waals surface area (Å²) in [4.78, 5) is 9.80. The first-order valence-corrected chi connectivity index (χ1v) is 7.37. The highest BCUT2D eigenvalue weighted by atomic mass is 35.5. The van der Waals surface area contributed by atoms with Gasteiger partial charge in [0.2, 0.25) is 10.0 Å². The highest BCUT2D eigenvalue weighted by Crippen LogP contribution is 2.31. The molecule has 0 aliphatic carbocycles. The maximum absolute atomic E-state index is 12.3. The Balaban J connectivity index is 2.44. The molecule has 1 aliphatic rings. The van der Waals surface area contributed by atoms with Gasteiger partial charge in [-0.1, -0.05) is 11.6 Å². The fraction of sp³-hybridized carbons (Fsp3) is 0.400. The lowest BCUT2D eigenvalue weighted by Gasteiger charge is -2.21. The molecule has 1 fully saturated rings. The van der Waals surface area contributed by atoms with Gasteiger partial charge in [-0.25, -0.2) is 8.42 Å². The van der Waals surface area contributed by atoms with Crippen molar-refractivity contribution in [2.24, 2.45) is 5.73 Å². The molecule has 1 atom stereocenters. The van der Waals surface area contributed by atoms with E-state index in [1.54, 1.807) is 0 Å². The van der Waals surface area contributed by atoms with Crippen LogP contribution in [0.1, 0.15) is 12.8 Å². The molecular formula is C10H12ClN3O4S. The standard InChI is InChI=1S/C10H12ClN3O4S/c11-8-6-7(14(15)16)3-4-9(8)19(17,18)13-5-1-2-10(13)12/h3-4,6,10H,1-2,5,12H2. The Kier molecular flexibility index (Phi) is 3.77. The van der Waals surface area contributed by atoms with E-state index in [0.29, 0.717) is 19.4 Å². The lowest BCUT2D eigenvalue weighted by atomic mass is 10.3. The van der Waals surface area contributed by atoms with E-state index >= 15 is 0 Å². The van der Waals surface area contributed by atoms with Crippen molar-refractivity contribution in [2.75, 3.05) is 6.54 Å². The fourth-order valence-corrected chi connectivity index (χ4v) is 4.10. The predicted octanol–water partition coefficient (Wildman–Crippen LogP) is 1.32. The number of nitro benzene ring substituents is 1. The van der Waals surface area contributed by atoms with E-state index in [0.717, 1.165) is 18.2 Å². The molecule has 2 N–H and O–H groups in total. The largest absolute Gasteiger partial charge is 0.315 e. The second-order valence-electron chi connectivity index (χ2n) is 4.20. The summed E-state index contributed by atoms with van der Waals surface area (Å²) in [7, 11) is -3.81. The lowest BCUT2D eigenvalue weighted by molar-refractivity contribution is -0.384. The minimum Gasteiger partial charge on any atom is -0.315 e. The number of benzene rings is 1. The summed E-state index contributed by atoms with van der Waals surface area (Å²) in [6.45, 7) is 0.330. The van der Waals surface area contributed by atoms with Gasteiger partial charge in [0, 0.05) is 18.7 Å². The molecule has 1 heterocycles. The van der Waals surface area contributed by atoms with Gasteiger partial charge in [0.1, 0.15) is 4.90 Å². The van der Waals surface area contributed by atoms with Crippen LogP contribution in [0.25, 0.3) is 0 Å². The fourth-order valence-electron chi connectivity index (χ4n) is 2.00. The molecular weight excluding hydrogens is 294 g/mol. The third-order valence-corrected chi connectivity index (χ3v) is 5.37. The first kappa shape index (κ1) is 14.2. The minimum absolute atomic E-state index is 0.155. The first-order valence-electron chi connectivity index (χ1n) is 5.55. The molecule has 7 nitrogen and oxygen atoms in total. The van der Waals surface area contributed by atoms with E-state index in [1.165, 1.54) is 4.31 Å². The van der Waals surface area contributed by atoms with Crippen LogP contribution in [0.5, 0.6) is 0 Å². The van der Waals surface area contributed by atoms with Crippen molar-refractivity contribution in [3.63, 3.8) is 0 Å². The first-order chi connectivity index (χ1) is 8.84. The van der Waals surface area contributed by atoms with Crippen LogP contribution in [-0.2, 0) is 10.0 Å². The summed E-state index contributed by atoms with van der Waals surface area (Å²) in [6.07, 6.45) is 0.700. The maximum Gasteiger partial charge on any atom is 0.271 e. The summed E-state index contributed by atoms with van der Waals surface area (Å²) in [5.41, 5.74) is 5.47. The molecule has 9 heteroatoms. The van der Waals surface area contributed by atoms with Crippen molar-refractivity contribution < 1.29 is 13.3 Å². The zero-order chi connectivity index (χ0) is 14.2. The summed E-state index contributed by atoms with van der Waals surface area (Å²) in [5, 5.41) is 10.4. The van der Waals surface area contributed by atoms with Crippen LogP contribution in [0, 0.1) is 10.1 Å². The van der Waals surface area contributed by atoms with Crippen LogP contribution < -0.4 is 5.73 Å². The van der Waals surface area contributed by atoms with Gasteiger partial charge >= 0.3 is 0 Å². The molecule has 0 saturated carbocycles. The van der Waals surface area contributed by atoms with E-state index in [-0.39, 0.29) is 15.6 Å². The summed E-state index contributed by atoms with van der Waals surface area (Å²) >= 11 is 5.83. The molecule has 1 aromatic rings. The third kappa shape index (κ3) is 2.57. The Morgan fingerprint density at radius 3 is 2.63 bits per heavy atom. The normalized spacial score (nSPS) is 20.6. The van der Waals surface area contributed by atoms with Crippen LogP contribution in [-0.4, -0.2) is 30.4 Å². The SMILES string of the molecule is NC1CCCN1S(=O)(=O)c1ccc([N+](=O)[O-])cc1Cl. The Labute approximate surface area is 115 Å². The van der Waals surface area contributed by atoms with Crippen molar-refractivity contribution in [3.05, 3.63) is 33.3 Å². The summed E-state index contributed by atoms with van der Waals surface area (Å²) in [6, 6.07) is 3.28. The van der Waals surface area contributed by atoms with Gasteiger partial charge in [-0.3, -0.25) is 10.1 Å². The second kappa shape index (κ2) is 5.04. The number of nitrogens with two attached hydrogens (primary N) is 1. The number of sulfonamides is 1. The molecule has 0 bridgehead atoms. The van der Waals surface area contributed by atoms with Crippen LogP contribution >= 0.6 is 11.6 Å². The van der Waals surface area contributed by atoms with Gasteiger partial charge in [0.25, 0.3) is 5.69 Å². The summed E-state index contributed by atoms with van der Waals surface area (Å²) in [5.74, 6) is 0. The Bertz CT molecular complexity index is 619. The van der Waals surface area contributed by atoms with Crippen LogP contribution in [0.4, 0.5) is 5.69 Å². The van der Waals surface area contributed by atoms with Crippen LogP contribution in [0.2, 0.25) is 5.02 Å². The third-order valence-electron chi connectivity index (χ3n) is 2.96. The quantitative estimate of drug-likeness (QED) is 0.669. The second-order valence-corrected chi connectivity index (χ2v) is 6.46. The number of hydrogen-bond acceptors (Lipinski definition) is 5. The van der Waals surface area contributed by atoms with Gasteiger partial charge in [-0.2, -0.15) is 4.31 Å². The molecule has 1 aliphatic heterocycles. The number of nitro groups is 1. The number of nitrogens with zero attached hydrogens (tertiary/aromatic N) is 2. The van der Waals surface area contributed by atoms with Gasteiger partial charge in [0.15, 0.2) is 0 Å². The van der Waals surface area contributed by atoms with Crippen molar-refractivity contribution >= 4 is 27.3 Å². The van der Waals surface area contributed by atoms with E-state index in [4.69, 9.17) is 17.3 Å². The minimum atomic E-state index is -3.81. The number of non-ortho nitro benzene ring substituents is 1. The smallest absolute Gasteiger partial charge is 0.271 e. The average Bonchev–Trinajstić information content (AvgIpc) is 2.75. The number of halogens is 1. The lowest BCUT2D eigenvalue weighted by Crippen LogP contribution is -2.40. The van der Waals surface area contributed by atoms with E-state index in [9.17, 15) is 18.5 Å². The van der Waals surface area contributed by atoms with Crippen LogP contribution in [0.15, 0.2) is 23.1 Å². The highest BCUT2D eigenvalue weighted by Gasteiger charge is 2.34. The molecule has 0 radical (unpaired) electrons. The Morgan fingerprint density at radius 1 is 1.47 bits per heavy atom. The molecule has 19 heavy (non-hydrogen) atoms. The van der Waals surface area contributed by atoms with E-state index < -0.39 is 21.1 Å². The molecule has 1 aromatic carbocycles. The molecule has 2 rings (SSSR count). The number of rotatable bonds is 3. The van der Waals surface area contributed by atoms with Crippen molar-refractivity contribution in [1.82, 2.24) is 4.31 Å². The van der Waals surface area contributed by atoms with Crippen molar-refractivity contribution in [1.29, 1.82) is 0 Å². The Morgan fingerprint density at radius 2 is 2.16 bits per heavy atom. The molecule has 0 amide bonds. The van der Waals surface area contributed by atoms with E-state index in [1.807, 2.05) is 0 Å². The van der Waals surface area contributed by atoms with Crippen LogP contribution in [0.3, 0.4) is 0 Å². The molecule has 0 aromatic heterocycles. The maximum atomic E-state index is 12.3. The van der Waals surface area contributed by atoms with E-state index in [2.05, 4.69) is 0 Å². The van der Waals surface area contributed by atoms with Gasteiger partial charge in [0.05, 0.1) is 16.1 Å². The van der Waals surface area contributed by atoms with Crippen molar-refractivity contribution in [3.8, 4) is 0 Å². The predicted molar refractivity (Wildman–Crippen MR) is 69.2 cm³/mol. The number of hydrogen-bond donors (Lipinski definition) is 1. The zero-order valence-electron chi connectivity index (χ0n) is 9.82. The van der Waals surface area contributed by atoms with Gasteiger partial charge in [-0.05, 0) is 18.9 Å². The van der Waals surface area contributed by atoms with Gasteiger partial charge < -0.3 is 5.73 Å². The molecule has 1 unspecified atom stereocenters. The highest BCUT2D eigenvalue weighted by molar-refractivity contribution is 7.89.